The maximum absolute atomic E-state index is 13.7. The van der Waals surface area contributed by atoms with Crippen molar-refractivity contribution in [2.45, 2.75) is 49.2 Å². The van der Waals surface area contributed by atoms with Gasteiger partial charge in [0.25, 0.3) is 0 Å². The Morgan fingerprint density at radius 3 is 2.18 bits per heavy atom. The van der Waals surface area contributed by atoms with Crippen LogP contribution in [0.2, 0.25) is 5.02 Å². The van der Waals surface area contributed by atoms with E-state index in [1.54, 1.807) is 0 Å². The molecule has 1 fully saturated rings. The van der Waals surface area contributed by atoms with Crippen molar-refractivity contribution in [3.63, 3.8) is 0 Å². The van der Waals surface area contributed by atoms with Crippen LogP contribution in [0.25, 0.3) is 5.69 Å². The lowest BCUT2D eigenvalue weighted by Gasteiger charge is -2.35. The maximum atomic E-state index is 13.7. The van der Waals surface area contributed by atoms with Gasteiger partial charge in [0.15, 0.2) is 27.2 Å². The van der Waals surface area contributed by atoms with Gasteiger partial charge in [-0.25, -0.2) is 27.2 Å². The maximum Gasteiger partial charge on any atom is 0.245 e. The molecular weight excluding hydrogens is 548 g/mol. The first-order valence-electron chi connectivity index (χ1n) is 11.5. The third-order valence-corrected chi connectivity index (χ3v) is 8.81. The molecule has 1 saturated carbocycles. The van der Waals surface area contributed by atoms with Crippen LogP contribution in [0.1, 0.15) is 49.3 Å². The summed E-state index contributed by atoms with van der Waals surface area (Å²) in [5.41, 5.74) is 0.111. The van der Waals surface area contributed by atoms with Gasteiger partial charge in [-0.3, -0.25) is 4.57 Å². The molecule has 0 aliphatic heterocycles. The number of aromatic nitrogens is 7. The molecule has 4 atom stereocenters. The van der Waals surface area contributed by atoms with Crippen molar-refractivity contribution >= 4 is 21.4 Å². The van der Waals surface area contributed by atoms with Gasteiger partial charge < -0.3 is 14.2 Å². The molecule has 3 aromatic rings. The Kier molecular flexibility index (Phi) is 8.37. The highest BCUT2D eigenvalue weighted by atomic mass is 35.5. The molecule has 4 rings (SSSR count). The van der Waals surface area contributed by atoms with Gasteiger partial charge in [0, 0.05) is 31.3 Å². The minimum Gasteiger partial charge on any atom is -0.479 e. The summed E-state index contributed by atoms with van der Waals surface area (Å²) in [5, 5.41) is 7.42. The fraction of sp³-hybridized carbons (Fsp3) is 0.545. The van der Waals surface area contributed by atoms with E-state index in [1.807, 2.05) is 0 Å². The van der Waals surface area contributed by atoms with Gasteiger partial charge in [0.2, 0.25) is 18.2 Å². The number of methoxy groups -OCH3 is 3. The summed E-state index contributed by atoms with van der Waals surface area (Å²) in [6, 6.07) is 0. The molecule has 3 aromatic heterocycles. The summed E-state index contributed by atoms with van der Waals surface area (Å²) < 4.78 is 72.1. The highest BCUT2D eigenvalue weighted by molar-refractivity contribution is 7.91. The number of ether oxygens (including phenoxy) is 3. The van der Waals surface area contributed by atoms with Gasteiger partial charge >= 0.3 is 0 Å². The van der Waals surface area contributed by atoms with Crippen molar-refractivity contribution in [2.24, 2.45) is 5.92 Å². The van der Waals surface area contributed by atoms with Crippen LogP contribution in [-0.4, -0.2) is 76.1 Å². The number of hydrogen-bond donors (Lipinski definition) is 0. The number of rotatable bonds is 11. The van der Waals surface area contributed by atoms with Gasteiger partial charge in [-0.2, -0.15) is 9.97 Å². The van der Waals surface area contributed by atoms with E-state index in [0.717, 1.165) is 0 Å². The Balaban J connectivity index is 1.79. The largest absolute Gasteiger partial charge is 0.479 e. The fourth-order valence-corrected chi connectivity index (χ4v) is 5.89. The van der Waals surface area contributed by atoms with E-state index in [9.17, 15) is 17.2 Å². The Morgan fingerprint density at radius 2 is 1.68 bits per heavy atom. The van der Waals surface area contributed by atoms with Gasteiger partial charge in [0.1, 0.15) is 24.0 Å². The normalized spacial score (nSPS) is 19.2. The molecule has 0 saturated heterocycles. The predicted octanol–water partition coefficient (Wildman–Crippen LogP) is 2.97. The summed E-state index contributed by atoms with van der Waals surface area (Å²) in [4.78, 5) is 16.3. The first-order chi connectivity index (χ1) is 18.1. The van der Waals surface area contributed by atoms with Crippen molar-refractivity contribution < 1.29 is 31.4 Å². The van der Waals surface area contributed by atoms with Crippen LogP contribution in [0.3, 0.4) is 0 Å². The molecule has 0 spiro atoms. The van der Waals surface area contributed by atoms with Gasteiger partial charge in [-0.1, -0.05) is 11.6 Å². The molecule has 0 amide bonds. The number of hydrogen-bond acceptors (Lipinski definition) is 11. The highest BCUT2D eigenvalue weighted by Gasteiger charge is 2.43. The SMILES string of the molecule is COc1ncnc(OC)c1-n1c(CS(=O)(=O)[C@@H](C)[C@H](OC)c2ncc(Cl)cn2)nnc1[C@@H]1CC[C@@H]1C(F)F. The van der Waals surface area contributed by atoms with Crippen molar-refractivity contribution in [1.82, 2.24) is 34.7 Å². The number of sulfone groups is 1. The van der Waals surface area contributed by atoms with Crippen molar-refractivity contribution in [3.05, 3.63) is 41.2 Å². The molecule has 0 unspecified atom stereocenters. The van der Waals surface area contributed by atoms with E-state index >= 15 is 0 Å². The lowest BCUT2D eigenvalue weighted by atomic mass is 9.73. The van der Waals surface area contributed by atoms with E-state index in [2.05, 4.69) is 30.1 Å². The zero-order valence-corrected chi connectivity index (χ0v) is 22.5. The first kappa shape index (κ1) is 28.0. The zero-order valence-electron chi connectivity index (χ0n) is 21.0. The minimum atomic E-state index is -4.02. The molecule has 1 aliphatic carbocycles. The molecule has 206 valence electrons. The average Bonchev–Trinajstić information content (AvgIpc) is 3.25. The van der Waals surface area contributed by atoms with Crippen LogP contribution >= 0.6 is 11.6 Å². The van der Waals surface area contributed by atoms with Crippen LogP contribution in [-0.2, 0) is 20.3 Å². The molecule has 0 N–H and O–H groups in total. The second-order valence-electron chi connectivity index (χ2n) is 8.66. The van der Waals surface area contributed by atoms with E-state index in [1.165, 1.54) is 51.5 Å². The molecule has 1 aliphatic rings. The third-order valence-electron chi connectivity index (χ3n) is 6.58. The quantitative estimate of drug-likeness (QED) is 0.334. The lowest BCUT2D eigenvalue weighted by molar-refractivity contribution is 0.0138. The molecule has 0 aromatic carbocycles. The lowest BCUT2D eigenvalue weighted by Crippen LogP contribution is -2.33. The van der Waals surface area contributed by atoms with Crippen molar-refractivity contribution in [3.8, 4) is 17.4 Å². The van der Waals surface area contributed by atoms with Crippen LogP contribution in [0.15, 0.2) is 18.7 Å². The molecule has 0 radical (unpaired) electrons. The molecule has 0 bridgehead atoms. The summed E-state index contributed by atoms with van der Waals surface area (Å²) in [5.74, 6) is -1.96. The molecule has 16 heteroatoms. The number of nitrogens with zero attached hydrogens (tertiary/aromatic N) is 7. The minimum absolute atomic E-state index is 0.0295. The van der Waals surface area contributed by atoms with Gasteiger partial charge in [-0.05, 0) is 19.8 Å². The summed E-state index contributed by atoms with van der Waals surface area (Å²) >= 11 is 5.86. The predicted molar refractivity (Wildman–Crippen MR) is 130 cm³/mol. The molecule has 12 nitrogen and oxygen atoms in total. The second-order valence-corrected chi connectivity index (χ2v) is 11.5. The van der Waals surface area contributed by atoms with Gasteiger partial charge in [-0.15, -0.1) is 10.2 Å². The van der Waals surface area contributed by atoms with Crippen molar-refractivity contribution in [1.29, 1.82) is 0 Å². The summed E-state index contributed by atoms with van der Waals surface area (Å²) in [6.45, 7) is 1.45. The average molecular weight is 574 g/mol. The smallest absolute Gasteiger partial charge is 0.245 e. The van der Waals surface area contributed by atoms with E-state index in [0.29, 0.717) is 12.8 Å². The van der Waals surface area contributed by atoms with E-state index in [-0.39, 0.29) is 39.9 Å². The van der Waals surface area contributed by atoms with Crippen LogP contribution in [0, 0.1) is 5.92 Å². The Morgan fingerprint density at radius 1 is 1.05 bits per heavy atom. The molecule has 38 heavy (non-hydrogen) atoms. The highest BCUT2D eigenvalue weighted by Crippen LogP contribution is 2.47. The Labute approximate surface area is 222 Å². The third kappa shape index (κ3) is 5.27. The molecular formula is C22H26ClF2N7O5S. The summed E-state index contributed by atoms with van der Waals surface area (Å²) in [7, 11) is 0.0363. The van der Waals surface area contributed by atoms with Crippen molar-refractivity contribution in [2.75, 3.05) is 21.3 Å². The Bertz CT molecular complexity index is 1350. The summed E-state index contributed by atoms with van der Waals surface area (Å²) in [6.07, 6.45) is 0.999. The molecule has 3 heterocycles. The van der Waals surface area contributed by atoms with E-state index < -0.39 is 45.2 Å². The van der Waals surface area contributed by atoms with Crippen LogP contribution < -0.4 is 9.47 Å². The Hall–Kier alpha value is -3.04. The number of halogens is 3. The van der Waals surface area contributed by atoms with Crippen LogP contribution in [0.4, 0.5) is 8.78 Å². The monoisotopic (exact) mass is 573 g/mol. The van der Waals surface area contributed by atoms with Crippen LogP contribution in [0.5, 0.6) is 11.8 Å². The number of alkyl halides is 2. The van der Waals surface area contributed by atoms with E-state index in [4.69, 9.17) is 25.8 Å². The van der Waals surface area contributed by atoms with Gasteiger partial charge in [0.05, 0.1) is 24.5 Å². The topological polar surface area (TPSA) is 144 Å². The zero-order chi connectivity index (χ0) is 27.6. The fourth-order valence-electron chi connectivity index (χ4n) is 4.37. The first-order valence-corrected chi connectivity index (χ1v) is 13.6. The standard InChI is InChI=1S/C22H26ClF2N7O5S/c1-11(17(35-2)19-26-7-12(23)8-27-19)38(33,34)9-15-30-31-20(14-6-5-13(14)18(24)25)32(15)16-21(36-3)28-10-29-22(16)37-4/h7-8,10-11,13-14,17-18H,5-6,9H2,1-4H3/t11-,13-,14+,17-/m0/s1. The second kappa shape index (κ2) is 11.4.